The molecule has 4 rings (SSSR count). The fourth-order valence-corrected chi connectivity index (χ4v) is 3.62. The summed E-state index contributed by atoms with van der Waals surface area (Å²) < 4.78 is 13.1. The molecule has 0 bridgehead atoms. The van der Waals surface area contributed by atoms with E-state index in [4.69, 9.17) is 23.8 Å². The molecule has 35 heavy (non-hydrogen) atoms. The van der Waals surface area contributed by atoms with Crippen LogP contribution in [0.2, 0.25) is 5.02 Å². The lowest BCUT2D eigenvalue weighted by atomic mass is 10.0. The Labute approximate surface area is 209 Å². The summed E-state index contributed by atoms with van der Waals surface area (Å²) in [7, 11) is 0. The number of H-pyrrole nitrogens is 1. The summed E-state index contributed by atoms with van der Waals surface area (Å²) in [5.74, 6) is -1.59. The number of thiocarbonyl (C=S) groups is 1. The van der Waals surface area contributed by atoms with Crippen molar-refractivity contribution in [2.24, 2.45) is 0 Å². The van der Waals surface area contributed by atoms with Crippen molar-refractivity contribution < 1.29 is 14.0 Å². The van der Waals surface area contributed by atoms with Gasteiger partial charge < -0.3 is 10.6 Å². The Morgan fingerprint density at radius 2 is 1.86 bits per heavy atom. The average Bonchev–Trinajstić information content (AvgIpc) is 3.34. The van der Waals surface area contributed by atoms with E-state index >= 15 is 0 Å². The minimum Gasteiger partial charge on any atom is -0.330 e. The highest BCUT2D eigenvalue weighted by Crippen LogP contribution is 2.29. The van der Waals surface area contributed by atoms with Crippen LogP contribution in [-0.2, 0) is 4.79 Å². The third kappa shape index (κ3) is 5.70. The van der Waals surface area contributed by atoms with E-state index in [0.29, 0.717) is 16.3 Å². The standard InChI is InChI=1S/C23H19ClFN7O2S/c1-12(13-2-4-15(25)5-3-13)21(33)29-19-10-14(8-9-26-19)22(34)31-32-23(35)28-18-7-6-17-16(20(18)24)11-27-30-17/h2-12H,1H3,(H,27,30)(H,31,34)(H,26,29,33)(H2,28,32,35). The fourth-order valence-electron chi connectivity index (χ4n) is 3.20. The van der Waals surface area contributed by atoms with E-state index in [1.807, 2.05) is 0 Å². The Balaban J connectivity index is 1.34. The van der Waals surface area contributed by atoms with Gasteiger partial charge in [-0.05, 0) is 61.1 Å². The number of anilines is 2. The van der Waals surface area contributed by atoms with Gasteiger partial charge in [-0.15, -0.1) is 0 Å². The van der Waals surface area contributed by atoms with Gasteiger partial charge in [-0.25, -0.2) is 9.37 Å². The Morgan fingerprint density at radius 1 is 1.09 bits per heavy atom. The van der Waals surface area contributed by atoms with Crippen molar-refractivity contribution in [3.05, 3.63) is 82.9 Å². The van der Waals surface area contributed by atoms with Gasteiger partial charge in [0, 0.05) is 17.1 Å². The molecule has 2 aromatic heterocycles. The normalized spacial score (nSPS) is 11.5. The molecule has 0 aliphatic rings. The van der Waals surface area contributed by atoms with Gasteiger partial charge in [-0.3, -0.25) is 25.5 Å². The molecule has 1 unspecified atom stereocenters. The molecule has 178 valence electrons. The molecule has 0 aliphatic carbocycles. The van der Waals surface area contributed by atoms with Gasteiger partial charge in [-0.1, -0.05) is 23.7 Å². The predicted molar refractivity (Wildman–Crippen MR) is 136 cm³/mol. The second-order valence-corrected chi connectivity index (χ2v) is 8.27. The number of nitrogens with one attached hydrogen (secondary N) is 5. The van der Waals surface area contributed by atoms with Gasteiger partial charge in [-0.2, -0.15) is 5.10 Å². The van der Waals surface area contributed by atoms with E-state index in [2.05, 4.69) is 36.7 Å². The van der Waals surface area contributed by atoms with Crippen LogP contribution in [0.3, 0.4) is 0 Å². The number of aromatic nitrogens is 3. The van der Waals surface area contributed by atoms with Gasteiger partial charge in [0.1, 0.15) is 11.6 Å². The summed E-state index contributed by atoms with van der Waals surface area (Å²) >= 11 is 11.6. The number of pyridine rings is 1. The lowest BCUT2D eigenvalue weighted by Gasteiger charge is -2.14. The topological polar surface area (TPSA) is 124 Å². The summed E-state index contributed by atoms with van der Waals surface area (Å²) in [6, 6.07) is 12.1. The number of hydrogen-bond donors (Lipinski definition) is 5. The maximum Gasteiger partial charge on any atom is 0.269 e. The molecule has 2 amide bonds. The number of hydrazine groups is 1. The van der Waals surface area contributed by atoms with Crippen molar-refractivity contribution in [3.63, 3.8) is 0 Å². The van der Waals surface area contributed by atoms with Crippen LogP contribution >= 0.6 is 23.8 Å². The van der Waals surface area contributed by atoms with Crippen LogP contribution in [0.1, 0.15) is 28.8 Å². The number of rotatable bonds is 5. The van der Waals surface area contributed by atoms with Crippen molar-refractivity contribution in [3.8, 4) is 0 Å². The summed E-state index contributed by atoms with van der Waals surface area (Å²) in [5.41, 5.74) is 7.28. The average molecular weight is 512 g/mol. The van der Waals surface area contributed by atoms with E-state index in [-0.39, 0.29) is 28.2 Å². The smallest absolute Gasteiger partial charge is 0.269 e. The van der Waals surface area contributed by atoms with E-state index in [9.17, 15) is 14.0 Å². The van der Waals surface area contributed by atoms with E-state index in [1.165, 1.54) is 30.5 Å². The van der Waals surface area contributed by atoms with E-state index < -0.39 is 11.8 Å². The lowest BCUT2D eigenvalue weighted by Crippen LogP contribution is -2.43. The number of aromatic amines is 1. The summed E-state index contributed by atoms with van der Waals surface area (Å²) in [4.78, 5) is 29.2. The molecule has 0 fully saturated rings. The zero-order chi connectivity index (χ0) is 24.9. The number of fused-ring (bicyclic) bond motifs is 1. The first kappa shape index (κ1) is 24.0. The zero-order valence-corrected chi connectivity index (χ0v) is 19.8. The number of carbonyl (C=O) groups excluding carboxylic acids is 2. The molecular weight excluding hydrogens is 493 g/mol. The van der Waals surface area contributed by atoms with Gasteiger partial charge in [0.05, 0.1) is 28.3 Å². The van der Waals surface area contributed by atoms with Crippen molar-refractivity contribution in [2.45, 2.75) is 12.8 Å². The second kappa shape index (κ2) is 10.5. The highest BCUT2D eigenvalue weighted by Gasteiger charge is 2.17. The van der Waals surface area contributed by atoms with Gasteiger partial charge in [0.25, 0.3) is 5.91 Å². The quantitative estimate of drug-likeness (QED) is 0.202. The molecule has 2 aromatic carbocycles. The minimum atomic E-state index is -0.548. The molecule has 1 atom stereocenters. The fraction of sp³-hybridized carbons (Fsp3) is 0.0870. The number of carbonyl (C=O) groups is 2. The van der Waals surface area contributed by atoms with Crippen LogP contribution in [0.4, 0.5) is 15.9 Å². The van der Waals surface area contributed by atoms with Crippen molar-refractivity contribution in [2.75, 3.05) is 10.6 Å². The van der Waals surface area contributed by atoms with E-state index in [1.54, 1.807) is 37.4 Å². The maximum atomic E-state index is 13.1. The minimum absolute atomic E-state index is 0.110. The van der Waals surface area contributed by atoms with Gasteiger partial charge in [0.15, 0.2) is 5.11 Å². The summed E-state index contributed by atoms with van der Waals surface area (Å²) in [6.45, 7) is 1.69. The molecular formula is C23H19ClFN7O2S. The Bertz CT molecular complexity index is 1410. The SMILES string of the molecule is CC(C(=O)Nc1cc(C(=O)NNC(=S)Nc2ccc3[nH]ncc3c2Cl)ccn1)c1ccc(F)cc1. The third-order valence-corrected chi connectivity index (χ3v) is 5.74. The van der Waals surface area contributed by atoms with Crippen LogP contribution in [0.25, 0.3) is 10.9 Å². The molecule has 0 aliphatic heterocycles. The number of benzene rings is 2. The molecule has 5 N–H and O–H groups in total. The Hall–Kier alpha value is -4.09. The summed E-state index contributed by atoms with van der Waals surface area (Å²) in [6.07, 6.45) is 2.99. The molecule has 0 saturated heterocycles. The maximum absolute atomic E-state index is 13.1. The predicted octanol–water partition coefficient (Wildman–Crippen LogP) is 4.12. The zero-order valence-electron chi connectivity index (χ0n) is 18.2. The lowest BCUT2D eigenvalue weighted by molar-refractivity contribution is -0.117. The molecule has 12 heteroatoms. The number of nitrogens with zero attached hydrogens (tertiary/aromatic N) is 2. The van der Waals surface area contributed by atoms with Crippen LogP contribution < -0.4 is 21.5 Å². The molecule has 9 nitrogen and oxygen atoms in total. The summed E-state index contributed by atoms with van der Waals surface area (Å²) in [5, 5.41) is 13.6. The van der Waals surface area contributed by atoms with E-state index in [0.717, 1.165) is 10.9 Å². The molecule has 0 saturated carbocycles. The highest BCUT2D eigenvalue weighted by molar-refractivity contribution is 7.80. The molecule has 2 heterocycles. The van der Waals surface area contributed by atoms with Crippen LogP contribution in [0.15, 0.2) is 60.9 Å². The van der Waals surface area contributed by atoms with Gasteiger partial charge >= 0.3 is 0 Å². The van der Waals surface area contributed by atoms with Crippen molar-refractivity contribution >= 4 is 63.2 Å². The van der Waals surface area contributed by atoms with Crippen LogP contribution in [0.5, 0.6) is 0 Å². The first-order valence-electron chi connectivity index (χ1n) is 10.3. The largest absolute Gasteiger partial charge is 0.330 e. The molecule has 4 aromatic rings. The first-order chi connectivity index (χ1) is 16.8. The molecule has 0 spiro atoms. The molecule has 0 radical (unpaired) electrons. The van der Waals surface area contributed by atoms with Crippen LogP contribution in [-0.4, -0.2) is 32.1 Å². The second-order valence-electron chi connectivity index (χ2n) is 7.48. The number of halogens is 2. The van der Waals surface area contributed by atoms with Gasteiger partial charge in [0.2, 0.25) is 5.91 Å². The van der Waals surface area contributed by atoms with Crippen molar-refractivity contribution in [1.29, 1.82) is 0 Å². The number of amides is 2. The number of hydrogen-bond acceptors (Lipinski definition) is 5. The highest BCUT2D eigenvalue weighted by atomic mass is 35.5. The Kier molecular flexibility index (Phi) is 7.18. The third-order valence-electron chi connectivity index (χ3n) is 5.13. The van der Waals surface area contributed by atoms with Crippen LogP contribution in [0, 0.1) is 5.82 Å². The Morgan fingerprint density at radius 3 is 2.63 bits per heavy atom. The monoisotopic (exact) mass is 511 g/mol. The first-order valence-corrected chi connectivity index (χ1v) is 11.1. The van der Waals surface area contributed by atoms with Crippen molar-refractivity contribution in [1.82, 2.24) is 26.0 Å².